The van der Waals surface area contributed by atoms with Gasteiger partial charge in [0.25, 0.3) is 10.0 Å². The number of fused-ring (bicyclic) bond motifs is 2. The second kappa shape index (κ2) is 10.6. The van der Waals surface area contributed by atoms with Crippen LogP contribution in [-0.2, 0) is 26.0 Å². The molecule has 4 aromatic rings. The molecular weight excluding hydrogens is 470 g/mol. The fourth-order valence-corrected chi connectivity index (χ4v) is 4.76. The van der Waals surface area contributed by atoms with Gasteiger partial charge in [0.15, 0.2) is 0 Å². The number of carbonyl (C=O) groups is 2. The Morgan fingerprint density at radius 2 is 1.54 bits per heavy atom. The molecule has 0 aliphatic heterocycles. The van der Waals surface area contributed by atoms with E-state index in [4.69, 9.17) is 19.8 Å². The summed E-state index contributed by atoms with van der Waals surface area (Å²) in [6, 6.07) is 18.8. The van der Waals surface area contributed by atoms with Crippen LogP contribution in [-0.4, -0.2) is 68.1 Å². The topological polar surface area (TPSA) is 131 Å². The predicted molar refractivity (Wildman–Crippen MR) is 135 cm³/mol. The summed E-state index contributed by atoms with van der Waals surface area (Å²) < 4.78 is 27.9. The molecule has 4 rings (SSSR count). The van der Waals surface area contributed by atoms with Gasteiger partial charge in [0.2, 0.25) is 0 Å². The van der Waals surface area contributed by atoms with Crippen molar-refractivity contribution in [3.63, 3.8) is 0 Å². The summed E-state index contributed by atoms with van der Waals surface area (Å²) in [6.07, 6.45) is 2.91. The molecule has 0 atom stereocenters. The first kappa shape index (κ1) is 25.7. The van der Waals surface area contributed by atoms with Crippen LogP contribution in [0.15, 0.2) is 71.8 Å². The Bertz CT molecular complexity index is 1470. The number of rotatable bonds is 6. The number of anilines is 1. The zero-order valence-corrected chi connectivity index (χ0v) is 20.4. The second-order valence-corrected chi connectivity index (χ2v) is 10.2. The van der Waals surface area contributed by atoms with E-state index in [2.05, 4.69) is 9.88 Å². The summed E-state index contributed by atoms with van der Waals surface area (Å²) in [5, 5.41) is 17.8. The standard InChI is InChI=1S/C23H25N3O2S.C2H2O4/c1-25(2)13-12-19-16-24-23-11-9-20(15-22(19)23)26(3)29(27,28)21-10-8-17-6-4-5-7-18(17)14-21;3-1(4)2(5)6/h4-11,14-16,24H,12-13H2,1-3H3;(H,3,4)(H,5,6). The Kier molecular flexibility index (Phi) is 7.78. The van der Waals surface area contributed by atoms with E-state index < -0.39 is 22.0 Å². The number of hydrogen-bond donors (Lipinski definition) is 3. The molecule has 0 radical (unpaired) electrons. The SMILES string of the molecule is CN(C)CCc1c[nH]c2ccc(N(C)S(=O)(=O)c3ccc4ccccc4c3)cc12.O=C(O)C(=O)O. The Hall–Kier alpha value is -3.89. The van der Waals surface area contributed by atoms with Gasteiger partial charge in [0, 0.05) is 30.7 Å². The van der Waals surface area contributed by atoms with Crippen LogP contribution < -0.4 is 4.31 Å². The molecule has 0 saturated heterocycles. The molecule has 3 aromatic carbocycles. The summed E-state index contributed by atoms with van der Waals surface area (Å²) in [6.45, 7) is 0.933. The lowest BCUT2D eigenvalue weighted by Gasteiger charge is -2.20. The Morgan fingerprint density at radius 3 is 2.17 bits per heavy atom. The first-order valence-electron chi connectivity index (χ1n) is 10.7. The molecule has 0 saturated carbocycles. The number of hydrogen-bond acceptors (Lipinski definition) is 5. The third-order valence-corrected chi connectivity index (χ3v) is 7.29. The minimum atomic E-state index is -3.66. The van der Waals surface area contributed by atoms with Crippen molar-refractivity contribution in [3.05, 3.63) is 72.4 Å². The zero-order valence-electron chi connectivity index (χ0n) is 19.6. The smallest absolute Gasteiger partial charge is 0.414 e. The number of benzene rings is 3. The van der Waals surface area contributed by atoms with Crippen LogP contribution in [0.4, 0.5) is 5.69 Å². The monoisotopic (exact) mass is 497 g/mol. The number of likely N-dealkylation sites (N-methyl/N-ethyl adjacent to an activating group) is 1. The van der Waals surface area contributed by atoms with E-state index >= 15 is 0 Å². The minimum absolute atomic E-state index is 0.292. The summed E-state index contributed by atoms with van der Waals surface area (Å²) in [5.41, 5.74) is 2.85. The van der Waals surface area contributed by atoms with Crippen LogP contribution in [0.3, 0.4) is 0 Å². The largest absolute Gasteiger partial charge is 0.473 e. The van der Waals surface area contributed by atoms with E-state index in [-0.39, 0.29) is 0 Å². The quantitative estimate of drug-likeness (QED) is 0.348. The number of sulfonamides is 1. The first-order chi connectivity index (χ1) is 16.5. The van der Waals surface area contributed by atoms with Crippen molar-refractivity contribution in [1.29, 1.82) is 0 Å². The van der Waals surface area contributed by atoms with Gasteiger partial charge in [-0.1, -0.05) is 30.3 Å². The van der Waals surface area contributed by atoms with Gasteiger partial charge in [0.1, 0.15) is 0 Å². The lowest BCUT2D eigenvalue weighted by Crippen LogP contribution is -2.26. The lowest BCUT2D eigenvalue weighted by atomic mass is 10.1. The van der Waals surface area contributed by atoms with Crippen molar-refractivity contribution < 1.29 is 28.2 Å². The van der Waals surface area contributed by atoms with Crippen LogP contribution in [0.5, 0.6) is 0 Å². The van der Waals surface area contributed by atoms with Crippen molar-refractivity contribution in [1.82, 2.24) is 9.88 Å². The maximum atomic E-state index is 13.3. The molecule has 35 heavy (non-hydrogen) atoms. The van der Waals surface area contributed by atoms with Crippen LogP contribution >= 0.6 is 0 Å². The number of carboxylic acids is 2. The van der Waals surface area contributed by atoms with Crippen molar-refractivity contribution in [2.45, 2.75) is 11.3 Å². The van der Waals surface area contributed by atoms with Gasteiger partial charge in [-0.05, 0) is 67.2 Å². The molecule has 9 nitrogen and oxygen atoms in total. The van der Waals surface area contributed by atoms with Crippen molar-refractivity contribution in [2.24, 2.45) is 0 Å². The molecule has 0 aliphatic rings. The first-order valence-corrected chi connectivity index (χ1v) is 12.1. The third-order valence-electron chi connectivity index (χ3n) is 5.51. The van der Waals surface area contributed by atoms with Crippen LogP contribution in [0.2, 0.25) is 0 Å². The third kappa shape index (κ3) is 5.97. The normalized spacial score (nSPS) is 11.3. The van der Waals surface area contributed by atoms with Gasteiger partial charge >= 0.3 is 11.9 Å². The van der Waals surface area contributed by atoms with Crippen LogP contribution in [0, 0.1) is 0 Å². The summed E-state index contributed by atoms with van der Waals surface area (Å²) in [7, 11) is 2.04. The van der Waals surface area contributed by atoms with Gasteiger partial charge in [-0.25, -0.2) is 18.0 Å². The van der Waals surface area contributed by atoms with E-state index in [1.807, 2.05) is 68.8 Å². The fraction of sp³-hybridized carbons (Fsp3) is 0.200. The minimum Gasteiger partial charge on any atom is -0.473 e. The molecule has 0 spiro atoms. The van der Waals surface area contributed by atoms with Gasteiger partial charge in [-0.15, -0.1) is 0 Å². The summed E-state index contributed by atoms with van der Waals surface area (Å²) >= 11 is 0. The van der Waals surface area contributed by atoms with Gasteiger partial charge < -0.3 is 20.1 Å². The summed E-state index contributed by atoms with van der Waals surface area (Å²) in [5.74, 6) is -3.65. The molecule has 3 N–H and O–H groups in total. The van der Waals surface area contributed by atoms with Crippen molar-refractivity contribution >= 4 is 49.3 Å². The highest BCUT2D eigenvalue weighted by Gasteiger charge is 2.22. The molecular formula is C25H27N3O6S. The summed E-state index contributed by atoms with van der Waals surface area (Å²) in [4.78, 5) is 23.9. The number of aromatic amines is 1. The van der Waals surface area contributed by atoms with Crippen molar-refractivity contribution in [3.8, 4) is 0 Å². The van der Waals surface area contributed by atoms with Crippen molar-refractivity contribution in [2.75, 3.05) is 32.0 Å². The van der Waals surface area contributed by atoms with Gasteiger partial charge in [-0.3, -0.25) is 4.31 Å². The van der Waals surface area contributed by atoms with E-state index in [0.29, 0.717) is 10.6 Å². The molecule has 0 unspecified atom stereocenters. The highest BCUT2D eigenvalue weighted by atomic mass is 32.2. The molecule has 10 heteroatoms. The van der Waals surface area contributed by atoms with Gasteiger partial charge in [0.05, 0.1) is 10.6 Å². The average Bonchev–Trinajstić information content (AvgIpc) is 3.24. The molecule has 0 fully saturated rings. The molecule has 184 valence electrons. The molecule has 0 bridgehead atoms. The van der Waals surface area contributed by atoms with Crippen LogP contribution in [0.1, 0.15) is 5.56 Å². The average molecular weight is 498 g/mol. The number of H-pyrrole nitrogens is 1. The maximum absolute atomic E-state index is 13.3. The molecule has 1 aromatic heterocycles. The number of carboxylic acid groups (broad SMARTS) is 2. The highest BCUT2D eigenvalue weighted by molar-refractivity contribution is 7.92. The zero-order chi connectivity index (χ0) is 25.8. The van der Waals surface area contributed by atoms with E-state index in [1.54, 1.807) is 19.2 Å². The number of aliphatic carboxylic acids is 2. The Labute approximate surface area is 203 Å². The van der Waals surface area contributed by atoms with Crippen LogP contribution in [0.25, 0.3) is 21.7 Å². The molecule has 1 heterocycles. The second-order valence-electron chi connectivity index (χ2n) is 8.19. The van der Waals surface area contributed by atoms with E-state index in [0.717, 1.165) is 34.6 Å². The molecule has 0 amide bonds. The van der Waals surface area contributed by atoms with E-state index in [9.17, 15) is 8.42 Å². The fourth-order valence-electron chi connectivity index (χ4n) is 3.54. The Morgan fingerprint density at radius 1 is 0.886 bits per heavy atom. The lowest BCUT2D eigenvalue weighted by molar-refractivity contribution is -0.159. The number of nitrogens with zero attached hydrogens (tertiary/aromatic N) is 2. The van der Waals surface area contributed by atoms with Gasteiger partial charge in [-0.2, -0.15) is 0 Å². The Balaban J connectivity index is 0.000000509. The predicted octanol–water partition coefficient (Wildman–Crippen LogP) is 3.41. The van der Waals surface area contributed by atoms with E-state index in [1.165, 1.54) is 9.87 Å². The number of nitrogens with one attached hydrogen (secondary N) is 1. The maximum Gasteiger partial charge on any atom is 0.414 e. The molecule has 0 aliphatic carbocycles. The highest BCUT2D eigenvalue weighted by Crippen LogP contribution is 2.29. The number of aromatic nitrogens is 1.